The summed E-state index contributed by atoms with van der Waals surface area (Å²) in [6.07, 6.45) is 3.49. The zero-order valence-corrected chi connectivity index (χ0v) is 17.6. The molecule has 28 heavy (non-hydrogen) atoms. The summed E-state index contributed by atoms with van der Waals surface area (Å²) in [7, 11) is 0. The Morgan fingerprint density at radius 1 is 0.536 bits per heavy atom. The summed E-state index contributed by atoms with van der Waals surface area (Å²) >= 11 is 0. The predicted octanol–water partition coefficient (Wildman–Crippen LogP) is 7.95. The molecule has 4 rings (SSSR count). The maximum absolute atomic E-state index is 5.77. The van der Waals surface area contributed by atoms with Crippen LogP contribution in [-0.2, 0) is 10.8 Å². The standard InChI is InChI=1S/C26H28O2/c1-25(2,3)23-17-11-14-20(22-10-8-16-28-22)24(26(4,5)6)18(17)12-13-19(23)21-9-7-15-27-21/h7-16H,1-6H3. The summed E-state index contributed by atoms with van der Waals surface area (Å²) in [5.41, 5.74) is 4.91. The van der Waals surface area contributed by atoms with Crippen LogP contribution in [0.2, 0.25) is 0 Å². The molecule has 0 saturated carbocycles. The van der Waals surface area contributed by atoms with Crippen molar-refractivity contribution >= 4 is 10.8 Å². The van der Waals surface area contributed by atoms with Crippen LogP contribution in [-0.4, -0.2) is 0 Å². The molecule has 0 saturated heterocycles. The van der Waals surface area contributed by atoms with Crippen LogP contribution in [0.15, 0.2) is 69.9 Å². The average Bonchev–Trinajstić information content (AvgIpc) is 3.31. The van der Waals surface area contributed by atoms with E-state index in [4.69, 9.17) is 8.83 Å². The molecule has 2 heteroatoms. The van der Waals surface area contributed by atoms with E-state index in [-0.39, 0.29) is 10.8 Å². The Morgan fingerprint density at radius 2 is 0.929 bits per heavy atom. The summed E-state index contributed by atoms with van der Waals surface area (Å²) < 4.78 is 11.5. The summed E-state index contributed by atoms with van der Waals surface area (Å²) in [6, 6.07) is 16.9. The Morgan fingerprint density at radius 3 is 1.21 bits per heavy atom. The van der Waals surface area contributed by atoms with Crippen molar-refractivity contribution < 1.29 is 8.83 Å². The van der Waals surface area contributed by atoms with Crippen molar-refractivity contribution in [2.75, 3.05) is 0 Å². The molecule has 2 aromatic carbocycles. The molecule has 0 bridgehead atoms. The number of benzene rings is 2. The lowest BCUT2D eigenvalue weighted by Gasteiger charge is -2.29. The highest BCUT2D eigenvalue weighted by Crippen LogP contribution is 2.44. The lowest BCUT2D eigenvalue weighted by Crippen LogP contribution is -2.17. The number of hydrogen-bond acceptors (Lipinski definition) is 2. The lowest BCUT2D eigenvalue weighted by atomic mass is 9.75. The van der Waals surface area contributed by atoms with Gasteiger partial charge in [0.15, 0.2) is 0 Å². The Bertz CT molecular complexity index is 1010. The third-order valence-electron chi connectivity index (χ3n) is 5.27. The topological polar surface area (TPSA) is 26.3 Å². The Hall–Kier alpha value is -2.74. The minimum Gasteiger partial charge on any atom is -0.464 e. The molecule has 0 N–H and O–H groups in total. The monoisotopic (exact) mass is 372 g/mol. The first-order chi connectivity index (χ1) is 13.2. The number of fused-ring (bicyclic) bond motifs is 1. The molecular formula is C26H28O2. The van der Waals surface area contributed by atoms with Crippen LogP contribution in [0.4, 0.5) is 0 Å². The molecule has 0 unspecified atom stereocenters. The van der Waals surface area contributed by atoms with Crippen LogP contribution >= 0.6 is 0 Å². The van der Waals surface area contributed by atoms with Gasteiger partial charge in [0.2, 0.25) is 0 Å². The van der Waals surface area contributed by atoms with E-state index in [1.807, 2.05) is 24.3 Å². The van der Waals surface area contributed by atoms with E-state index in [9.17, 15) is 0 Å². The fourth-order valence-electron chi connectivity index (χ4n) is 4.30. The summed E-state index contributed by atoms with van der Waals surface area (Å²) in [5, 5.41) is 2.56. The van der Waals surface area contributed by atoms with Crippen LogP contribution in [0.1, 0.15) is 52.7 Å². The van der Waals surface area contributed by atoms with E-state index in [2.05, 4.69) is 65.8 Å². The molecule has 0 atom stereocenters. The van der Waals surface area contributed by atoms with Crippen LogP contribution in [0.25, 0.3) is 33.4 Å². The van der Waals surface area contributed by atoms with Crippen molar-refractivity contribution in [2.24, 2.45) is 0 Å². The van der Waals surface area contributed by atoms with E-state index in [0.29, 0.717) is 0 Å². The fourth-order valence-corrected chi connectivity index (χ4v) is 4.30. The fraction of sp³-hybridized carbons (Fsp3) is 0.308. The first-order valence-corrected chi connectivity index (χ1v) is 9.86. The van der Waals surface area contributed by atoms with Gasteiger partial charge in [-0.2, -0.15) is 0 Å². The van der Waals surface area contributed by atoms with Gasteiger partial charge in [-0.05, 0) is 57.0 Å². The van der Waals surface area contributed by atoms with E-state index in [0.717, 1.165) is 22.6 Å². The van der Waals surface area contributed by atoms with Gasteiger partial charge in [-0.25, -0.2) is 0 Å². The highest BCUT2D eigenvalue weighted by atomic mass is 16.3. The molecule has 4 aromatic rings. The molecule has 0 aliphatic carbocycles. The second-order valence-electron chi connectivity index (χ2n) is 9.53. The predicted molar refractivity (Wildman–Crippen MR) is 117 cm³/mol. The zero-order chi connectivity index (χ0) is 20.1. The molecule has 2 aromatic heterocycles. The van der Waals surface area contributed by atoms with Gasteiger partial charge in [0.25, 0.3) is 0 Å². The van der Waals surface area contributed by atoms with Gasteiger partial charge < -0.3 is 8.83 Å². The van der Waals surface area contributed by atoms with Gasteiger partial charge in [0.1, 0.15) is 11.5 Å². The molecule has 0 fully saturated rings. The van der Waals surface area contributed by atoms with Gasteiger partial charge in [0, 0.05) is 11.1 Å². The molecule has 0 amide bonds. The van der Waals surface area contributed by atoms with Crippen LogP contribution < -0.4 is 0 Å². The second-order valence-corrected chi connectivity index (χ2v) is 9.53. The first-order valence-electron chi connectivity index (χ1n) is 9.86. The van der Waals surface area contributed by atoms with E-state index >= 15 is 0 Å². The molecular weight excluding hydrogens is 344 g/mol. The van der Waals surface area contributed by atoms with Crippen molar-refractivity contribution in [3.8, 4) is 22.6 Å². The first kappa shape index (κ1) is 18.6. The number of hydrogen-bond donors (Lipinski definition) is 0. The zero-order valence-electron chi connectivity index (χ0n) is 17.6. The molecule has 144 valence electrons. The Labute approximate surface area is 167 Å². The number of rotatable bonds is 2. The van der Waals surface area contributed by atoms with E-state index in [1.54, 1.807) is 12.5 Å². The van der Waals surface area contributed by atoms with Gasteiger partial charge in [0.05, 0.1) is 12.5 Å². The quantitative estimate of drug-likeness (QED) is 0.357. The van der Waals surface area contributed by atoms with Gasteiger partial charge in [-0.1, -0.05) is 65.8 Å². The summed E-state index contributed by atoms with van der Waals surface area (Å²) in [5.74, 6) is 1.83. The minimum atomic E-state index is -0.0248. The second kappa shape index (κ2) is 6.41. The average molecular weight is 373 g/mol. The maximum Gasteiger partial charge on any atom is 0.134 e. The van der Waals surface area contributed by atoms with Crippen molar-refractivity contribution in [3.05, 3.63) is 72.2 Å². The van der Waals surface area contributed by atoms with Crippen molar-refractivity contribution in [1.82, 2.24) is 0 Å². The third kappa shape index (κ3) is 3.07. The SMILES string of the molecule is CC(C)(C)c1c(-c2ccco2)ccc2c(C(C)(C)C)c(-c3ccco3)ccc12. The molecule has 0 spiro atoms. The van der Waals surface area contributed by atoms with Gasteiger partial charge >= 0.3 is 0 Å². The highest BCUT2D eigenvalue weighted by Gasteiger charge is 2.28. The normalized spacial score (nSPS) is 12.6. The van der Waals surface area contributed by atoms with Crippen molar-refractivity contribution in [3.63, 3.8) is 0 Å². The molecule has 2 nitrogen and oxygen atoms in total. The van der Waals surface area contributed by atoms with E-state index < -0.39 is 0 Å². The lowest BCUT2D eigenvalue weighted by molar-refractivity contribution is 0.566. The van der Waals surface area contributed by atoms with Crippen LogP contribution in [0.3, 0.4) is 0 Å². The van der Waals surface area contributed by atoms with Gasteiger partial charge in [-0.3, -0.25) is 0 Å². The molecule has 0 aliphatic heterocycles. The highest BCUT2D eigenvalue weighted by molar-refractivity contribution is 5.98. The van der Waals surface area contributed by atoms with Crippen molar-refractivity contribution in [1.29, 1.82) is 0 Å². The summed E-state index contributed by atoms with van der Waals surface area (Å²) in [6.45, 7) is 13.6. The number of furan rings is 2. The molecule has 0 radical (unpaired) electrons. The third-order valence-corrected chi connectivity index (χ3v) is 5.27. The molecule has 0 aliphatic rings. The largest absolute Gasteiger partial charge is 0.464 e. The minimum absolute atomic E-state index is 0.0248. The Balaban J connectivity index is 2.13. The Kier molecular flexibility index (Phi) is 4.26. The van der Waals surface area contributed by atoms with Crippen LogP contribution in [0.5, 0.6) is 0 Å². The van der Waals surface area contributed by atoms with Gasteiger partial charge in [-0.15, -0.1) is 0 Å². The van der Waals surface area contributed by atoms with Crippen LogP contribution in [0, 0.1) is 0 Å². The molecule has 2 heterocycles. The van der Waals surface area contributed by atoms with E-state index in [1.165, 1.54) is 21.9 Å². The summed E-state index contributed by atoms with van der Waals surface area (Å²) in [4.78, 5) is 0. The maximum atomic E-state index is 5.77. The van der Waals surface area contributed by atoms with Crippen molar-refractivity contribution in [2.45, 2.75) is 52.4 Å². The smallest absolute Gasteiger partial charge is 0.134 e.